The summed E-state index contributed by atoms with van der Waals surface area (Å²) in [5.74, 6) is -0.683. The van der Waals surface area contributed by atoms with Crippen molar-refractivity contribution in [1.29, 1.82) is 0 Å². The normalized spacial score (nSPS) is 19.6. The molecule has 1 aliphatic heterocycles. The summed E-state index contributed by atoms with van der Waals surface area (Å²) in [6.07, 6.45) is -3.31. The van der Waals surface area contributed by atoms with E-state index in [1.165, 1.54) is 59.4 Å². The summed E-state index contributed by atoms with van der Waals surface area (Å²) in [7, 11) is 0. The van der Waals surface area contributed by atoms with Crippen molar-refractivity contribution >= 4 is 51.7 Å². The van der Waals surface area contributed by atoms with Crippen molar-refractivity contribution in [3.05, 3.63) is 81.4 Å². The molecule has 1 saturated heterocycles. The minimum absolute atomic E-state index is 0.0648. The van der Waals surface area contributed by atoms with Gasteiger partial charge in [-0.15, -0.1) is 0 Å². The Morgan fingerprint density at radius 2 is 1.53 bits per heavy atom. The van der Waals surface area contributed by atoms with E-state index in [-0.39, 0.29) is 46.3 Å². The third-order valence-electron chi connectivity index (χ3n) is 6.55. The highest BCUT2D eigenvalue weighted by atomic mass is 16.6. The van der Waals surface area contributed by atoms with Gasteiger partial charge >= 0.3 is 6.03 Å². The van der Waals surface area contributed by atoms with E-state index in [4.69, 9.17) is 4.74 Å². The number of carbonyl (C=O) groups is 2. The first-order valence-corrected chi connectivity index (χ1v) is 12.7. The number of amides is 3. The van der Waals surface area contributed by atoms with E-state index in [0.717, 1.165) is 11.2 Å². The standard InChI is InChI=1S/C25H23N9O9/c1-2-26-23(37)20-18(35)19(36)24(43-20)31-12-29-17-21(27-11-28-22(17)31)30-25(38)32(13-3-7-15(8-4-13)33(39)40)14-5-9-16(10-6-14)34(41)42/h3-12,18-20,24,35-36H,2H2,1H3,(H,26,37)(H,27,28,30,38)/t18-,19+,20-,24+/m0/s1. The van der Waals surface area contributed by atoms with Gasteiger partial charge in [-0.05, 0) is 31.2 Å². The number of hydrogen-bond acceptors (Lipinski definition) is 12. The molecule has 43 heavy (non-hydrogen) atoms. The number of nitrogens with zero attached hydrogens (tertiary/aromatic N) is 7. The van der Waals surface area contributed by atoms with Crippen molar-refractivity contribution in [2.75, 3.05) is 16.8 Å². The minimum Gasteiger partial charge on any atom is -0.387 e. The Kier molecular flexibility index (Phi) is 7.88. The maximum atomic E-state index is 13.6. The molecule has 2 aromatic heterocycles. The Labute approximate surface area is 240 Å². The highest BCUT2D eigenvalue weighted by Crippen LogP contribution is 2.33. The average Bonchev–Trinajstić information content (AvgIpc) is 3.55. The molecule has 18 heteroatoms. The minimum atomic E-state index is -1.54. The fourth-order valence-corrected chi connectivity index (χ4v) is 4.50. The van der Waals surface area contributed by atoms with Crippen LogP contribution in [0.2, 0.25) is 0 Å². The molecule has 0 radical (unpaired) electrons. The first-order chi connectivity index (χ1) is 20.6. The third-order valence-corrected chi connectivity index (χ3v) is 6.55. The second kappa shape index (κ2) is 11.7. The van der Waals surface area contributed by atoms with Gasteiger partial charge < -0.3 is 20.3 Å². The zero-order valence-electron chi connectivity index (χ0n) is 22.2. The fourth-order valence-electron chi connectivity index (χ4n) is 4.50. The summed E-state index contributed by atoms with van der Waals surface area (Å²) in [6, 6.07) is 9.30. The van der Waals surface area contributed by atoms with Gasteiger partial charge in [-0.2, -0.15) is 0 Å². The summed E-state index contributed by atoms with van der Waals surface area (Å²) >= 11 is 0. The Bertz CT molecular complexity index is 1640. The maximum absolute atomic E-state index is 13.6. The van der Waals surface area contributed by atoms with E-state index in [1.807, 2.05) is 0 Å². The maximum Gasteiger partial charge on any atom is 0.332 e. The molecule has 0 bridgehead atoms. The van der Waals surface area contributed by atoms with Gasteiger partial charge in [0.25, 0.3) is 17.3 Å². The SMILES string of the molecule is CCNC(=O)[C@H]1O[C@@H](n2cnc3c(NC(=O)N(c4ccc([N+](=O)[O-])cc4)c4ccc([N+](=O)[O-])cc4)ncnc32)[C@H](O)[C@@H]1O. The van der Waals surface area contributed by atoms with Crippen LogP contribution in [0.3, 0.4) is 0 Å². The number of benzene rings is 2. The van der Waals surface area contributed by atoms with E-state index in [9.17, 15) is 40.0 Å². The van der Waals surface area contributed by atoms with Crippen LogP contribution in [0.5, 0.6) is 0 Å². The van der Waals surface area contributed by atoms with Crippen LogP contribution < -0.4 is 15.5 Å². The number of non-ortho nitro benzene ring substituents is 2. The van der Waals surface area contributed by atoms with Crippen LogP contribution >= 0.6 is 0 Å². The summed E-state index contributed by atoms with van der Waals surface area (Å²) < 4.78 is 6.92. The van der Waals surface area contributed by atoms with E-state index < -0.39 is 46.3 Å². The summed E-state index contributed by atoms with van der Waals surface area (Å²) in [4.78, 5) is 60.6. The lowest BCUT2D eigenvalue weighted by Crippen LogP contribution is -2.42. The van der Waals surface area contributed by atoms with Crippen LogP contribution in [-0.4, -0.2) is 76.4 Å². The molecule has 222 valence electrons. The molecule has 4 N–H and O–H groups in total. The number of anilines is 3. The number of fused-ring (bicyclic) bond motifs is 1. The number of hydrogen-bond donors (Lipinski definition) is 4. The second-order valence-corrected chi connectivity index (χ2v) is 9.18. The van der Waals surface area contributed by atoms with Crippen LogP contribution in [0.25, 0.3) is 11.2 Å². The Hall–Kier alpha value is -5.59. The monoisotopic (exact) mass is 593 g/mol. The van der Waals surface area contributed by atoms with Gasteiger partial charge in [0.2, 0.25) is 0 Å². The molecule has 1 aliphatic rings. The second-order valence-electron chi connectivity index (χ2n) is 9.18. The molecule has 4 atom stereocenters. The lowest BCUT2D eigenvalue weighted by molar-refractivity contribution is -0.385. The highest BCUT2D eigenvalue weighted by molar-refractivity contribution is 6.09. The molecular weight excluding hydrogens is 570 g/mol. The Morgan fingerprint density at radius 1 is 0.953 bits per heavy atom. The molecule has 3 heterocycles. The average molecular weight is 594 g/mol. The molecule has 0 unspecified atom stereocenters. The molecule has 0 saturated carbocycles. The fraction of sp³-hybridized carbons (Fsp3) is 0.240. The van der Waals surface area contributed by atoms with Gasteiger partial charge in [-0.1, -0.05) is 0 Å². The van der Waals surface area contributed by atoms with Crippen LogP contribution in [0, 0.1) is 20.2 Å². The molecular formula is C25H23N9O9. The molecule has 1 fully saturated rings. The van der Waals surface area contributed by atoms with E-state index in [2.05, 4.69) is 25.6 Å². The number of carbonyl (C=O) groups excluding carboxylic acids is 2. The van der Waals surface area contributed by atoms with Crippen molar-refractivity contribution in [3.8, 4) is 0 Å². The molecule has 2 aromatic carbocycles. The van der Waals surface area contributed by atoms with Gasteiger partial charge in [-0.25, -0.2) is 19.7 Å². The van der Waals surface area contributed by atoms with Crippen LogP contribution in [0.4, 0.5) is 33.4 Å². The number of nitro benzene ring substituents is 2. The number of rotatable bonds is 8. The van der Waals surface area contributed by atoms with Crippen molar-refractivity contribution in [3.63, 3.8) is 0 Å². The predicted octanol–water partition coefficient (Wildman–Crippen LogP) is 1.77. The molecule has 0 aliphatic carbocycles. The lowest BCUT2D eigenvalue weighted by Gasteiger charge is -2.23. The summed E-state index contributed by atoms with van der Waals surface area (Å²) in [5.41, 5.74) is 0.116. The smallest absolute Gasteiger partial charge is 0.332 e. The van der Waals surface area contributed by atoms with Crippen molar-refractivity contribution in [2.24, 2.45) is 0 Å². The third kappa shape index (κ3) is 5.52. The van der Waals surface area contributed by atoms with Crippen molar-refractivity contribution in [2.45, 2.75) is 31.5 Å². The van der Waals surface area contributed by atoms with E-state index in [1.54, 1.807) is 6.92 Å². The predicted molar refractivity (Wildman–Crippen MR) is 147 cm³/mol. The molecule has 3 amide bonds. The number of ether oxygens (including phenoxy) is 1. The summed E-state index contributed by atoms with van der Waals surface area (Å²) in [6.45, 7) is 1.97. The zero-order valence-corrected chi connectivity index (χ0v) is 22.2. The molecule has 5 rings (SSSR count). The lowest BCUT2D eigenvalue weighted by atomic mass is 10.1. The van der Waals surface area contributed by atoms with Crippen molar-refractivity contribution in [1.82, 2.24) is 24.8 Å². The number of likely N-dealkylation sites (N-methyl/N-ethyl adjacent to an activating group) is 1. The number of urea groups is 1. The van der Waals surface area contributed by atoms with Gasteiger partial charge in [0.15, 0.2) is 29.3 Å². The molecule has 4 aromatic rings. The van der Waals surface area contributed by atoms with Crippen LogP contribution in [-0.2, 0) is 9.53 Å². The van der Waals surface area contributed by atoms with E-state index >= 15 is 0 Å². The molecule has 0 spiro atoms. The Morgan fingerprint density at radius 3 is 2.07 bits per heavy atom. The molecule has 18 nitrogen and oxygen atoms in total. The Balaban J connectivity index is 1.47. The van der Waals surface area contributed by atoms with Gasteiger partial charge in [0, 0.05) is 30.8 Å². The first kappa shape index (κ1) is 28.9. The topological polar surface area (TPSA) is 241 Å². The van der Waals surface area contributed by atoms with Gasteiger partial charge in [-0.3, -0.25) is 39.8 Å². The van der Waals surface area contributed by atoms with E-state index in [0.29, 0.717) is 0 Å². The number of aliphatic hydroxyl groups excluding tert-OH is 2. The first-order valence-electron chi connectivity index (χ1n) is 12.7. The largest absolute Gasteiger partial charge is 0.387 e. The van der Waals surface area contributed by atoms with Crippen LogP contribution in [0.15, 0.2) is 61.2 Å². The van der Waals surface area contributed by atoms with Gasteiger partial charge in [0.1, 0.15) is 18.5 Å². The number of nitrogens with one attached hydrogen (secondary N) is 2. The van der Waals surface area contributed by atoms with Crippen LogP contribution in [0.1, 0.15) is 13.2 Å². The number of nitro groups is 2. The quantitative estimate of drug-likeness (QED) is 0.169. The highest BCUT2D eigenvalue weighted by Gasteiger charge is 2.47. The summed E-state index contributed by atoms with van der Waals surface area (Å²) in [5, 5.41) is 48.4. The van der Waals surface area contributed by atoms with Crippen molar-refractivity contribution < 1.29 is 34.4 Å². The number of imidazole rings is 1. The van der Waals surface area contributed by atoms with Gasteiger partial charge in [0.05, 0.1) is 27.5 Å². The zero-order chi connectivity index (χ0) is 30.8. The number of aromatic nitrogens is 4. The number of aliphatic hydroxyl groups is 2.